The molecular formula is C19H29NO. The van der Waals surface area contributed by atoms with Gasteiger partial charge in [0.1, 0.15) is 5.78 Å². The van der Waals surface area contributed by atoms with Gasteiger partial charge in [-0.25, -0.2) is 0 Å². The fourth-order valence-electron chi connectivity index (χ4n) is 6.53. The number of hydrogen-bond donors (Lipinski definition) is 1. The first-order chi connectivity index (χ1) is 9.95. The molecule has 0 aromatic heterocycles. The number of carbonyl (C=O) groups is 1. The number of allylic oxidation sites excluding steroid dienone is 1. The Morgan fingerprint density at radius 3 is 2.52 bits per heavy atom. The summed E-state index contributed by atoms with van der Waals surface area (Å²) in [6.45, 7) is 4.77. The van der Waals surface area contributed by atoms with E-state index in [1.807, 2.05) is 0 Å². The second-order valence-corrected chi connectivity index (χ2v) is 8.65. The fourth-order valence-corrected chi connectivity index (χ4v) is 6.53. The third kappa shape index (κ3) is 1.78. The fraction of sp³-hybridized carbons (Fsp3) is 0.842. The maximum absolute atomic E-state index is 12.4. The molecule has 0 radical (unpaired) electrons. The lowest BCUT2D eigenvalue weighted by molar-refractivity contribution is -0.132. The summed E-state index contributed by atoms with van der Waals surface area (Å²) in [6.07, 6.45) is 11.7. The van der Waals surface area contributed by atoms with Crippen LogP contribution in [-0.2, 0) is 4.79 Å². The molecule has 0 bridgehead atoms. The van der Waals surface area contributed by atoms with Crippen molar-refractivity contribution >= 4 is 5.78 Å². The van der Waals surface area contributed by atoms with Crippen LogP contribution in [0.1, 0.15) is 65.2 Å². The van der Waals surface area contributed by atoms with Crippen LogP contribution in [0.2, 0.25) is 0 Å². The van der Waals surface area contributed by atoms with Gasteiger partial charge in [-0.3, -0.25) is 4.79 Å². The van der Waals surface area contributed by atoms with Gasteiger partial charge in [0.15, 0.2) is 0 Å². The molecule has 0 saturated heterocycles. The van der Waals surface area contributed by atoms with Crippen molar-refractivity contribution in [2.45, 2.75) is 71.3 Å². The van der Waals surface area contributed by atoms with E-state index < -0.39 is 0 Å². The molecule has 6 atom stereocenters. The first kappa shape index (κ1) is 14.0. The molecule has 0 heterocycles. The Hall–Kier alpha value is -0.630. The number of ketones is 1. The number of carbonyl (C=O) groups excluding carboxylic acids is 1. The van der Waals surface area contributed by atoms with Gasteiger partial charge in [0.2, 0.25) is 0 Å². The third-order valence-electron chi connectivity index (χ3n) is 7.86. The standard InChI is InChI=1S/C19H29NO/c1-18-9-7-13(20)11-12(18)3-4-14-15-5-6-17(21)19(15,2)10-8-16(14)18/h11,13-16H,3-10,20H2,1-2H3/t13-,14+,15+,16?,18+,19+/m1/s1. The molecule has 2 N–H and O–H groups in total. The van der Waals surface area contributed by atoms with Crippen LogP contribution < -0.4 is 5.73 Å². The summed E-state index contributed by atoms with van der Waals surface area (Å²) in [5, 5.41) is 0. The minimum absolute atomic E-state index is 0.0177. The Morgan fingerprint density at radius 2 is 1.71 bits per heavy atom. The van der Waals surface area contributed by atoms with Crippen molar-refractivity contribution in [3.63, 3.8) is 0 Å². The van der Waals surface area contributed by atoms with Crippen LogP contribution in [0, 0.1) is 28.6 Å². The molecule has 0 aliphatic heterocycles. The van der Waals surface area contributed by atoms with Gasteiger partial charge in [-0.15, -0.1) is 0 Å². The van der Waals surface area contributed by atoms with E-state index in [9.17, 15) is 4.79 Å². The Labute approximate surface area is 128 Å². The average Bonchev–Trinajstić information content (AvgIpc) is 2.76. The monoisotopic (exact) mass is 287 g/mol. The highest BCUT2D eigenvalue weighted by atomic mass is 16.1. The molecule has 3 fully saturated rings. The first-order valence-electron chi connectivity index (χ1n) is 8.95. The van der Waals surface area contributed by atoms with E-state index in [2.05, 4.69) is 19.9 Å². The first-order valence-corrected chi connectivity index (χ1v) is 8.95. The predicted octanol–water partition coefficient (Wildman–Crippen LogP) is 3.85. The van der Waals surface area contributed by atoms with Crippen molar-refractivity contribution in [2.24, 2.45) is 34.3 Å². The molecule has 4 aliphatic carbocycles. The van der Waals surface area contributed by atoms with Crippen molar-refractivity contribution in [1.29, 1.82) is 0 Å². The zero-order valence-corrected chi connectivity index (χ0v) is 13.5. The summed E-state index contributed by atoms with van der Waals surface area (Å²) in [7, 11) is 0. The van der Waals surface area contributed by atoms with Gasteiger partial charge in [-0.2, -0.15) is 0 Å². The maximum Gasteiger partial charge on any atom is 0.139 e. The number of hydrogen-bond acceptors (Lipinski definition) is 2. The minimum Gasteiger partial charge on any atom is -0.324 e. The highest BCUT2D eigenvalue weighted by molar-refractivity contribution is 5.87. The van der Waals surface area contributed by atoms with Crippen LogP contribution >= 0.6 is 0 Å². The molecule has 0 amide bonds. The lowest BCUT2D eigenvalue weighted by atomic mass is 9.47. The van der Waals surface area contributed by atoms with E-state index in [0.717, 1.165) is 37.5 Å². The van der Waals surface area contributed by atoms with Crippen molar-refractivity contribution in [2.75, 3.05) is 0 Å². The molecule has 116 valence electrons. The Balaban J connectivity index is 1.69. The van der Waals surface area contributed by atoms with E-state index in [1.54, 1.807) is 5.57 Å². The van der Waals surface area contributed by atoms with E-state index >= 15 is 0 Å². The summed E-state index contributed by atoms with van der Waals surface area (Å²) in [4.78, 5) is 12.4. The zero-order valence-electron chi connectivity index (χ0n) is 13.5. The second kappa shape index (κ2) is 4.44. The highest BCUT2D eigenvalue weighted by Gasteiger charge is 2.58. The zero-order chi connectivity index (χ0) is 14.8. The number of rotatable bonds is 0. The molecule has 0 aromatic carbocycles. The molecule has 21 heavy (non-hydrogen) atoms. The Morgan fingerprint density at radius 1 is 1.00 bits per heavy atom. The SMILES string of the molecule is C[C@]12CC[C@@H](N)C=C1CC[C@@H]1C2CC[C@]2(C)C(=O)CC[C@@H]12. The van der Waals surface area contributed by atoms with E-state index in [4.69, 9.17) is 5.73 Å². The summed E-state index contributed by atoms with van der Waals surface area (Å²) < 4.78 is 0. The van der Waals surface area contributed by atoms with Crippen LogP contribution in [0.4, 0.5) is 0 Å². The van der Waals surface area contributed by atoms with Gasteiger partial charge < -0.3 is 5.73 Å². The number of nitrogens with two attached hydrogens (primary N) is 1. The lowest BCUT2D eigenvalue weighted by Gasteiger charge is -2.57. The van der Waals surface area contributed by atoms with Gasteiger partial charge in [0.25, 0.3) is 0 Å². The summed E-state index contributed by atoms with van der Waals surface area (Å²) >= 11 is 0. The molecule has 3 saturated carbocycles. The Kier molecular flexibility index (Phi) is 2.96. The van der Waals surface area contributed by atoms with E-state index in [1.165, 1.54) is 25.7 Å². The van der Waals surface area contributed by atoms with Crippen molar-refractivity contribution < 1.29 is 4.79 Å². The smallest absolute Gasteiger partial charge is 0.139 e. The molecule has 4 aliphatic rings. The topological polar surface area (TPSA) is 43.1 Å². The summed E-state index contributed by atoms with van der Waals surface area (Å²) in [5.74, 6) is 2.81. The van der Waals surface area contributed by atoms with Gasteiger partial charge in [-0.1, -0.05) is 25.5 Å². The predicted molar refractivity (Wildman–Crippen MR) is 84.7 cm³/mol. The van der Waals surface area contributed by atoms with Crippen molar-refractivity contribution in [3.05, 3.63) is 11.6 Å². The van der Waals surface area contributed by atoms with Crippen molar-refractivity contribution in [1.82, 2.24) is 0 Å². The molecule has 2 heteroatoms. The van der Waals surface area contributed by atoms with Crippen molar-refractivity contribution in [3.8, 4) is 0 Å². The maximum atomic E-state index is 12.4. The molecular weight excluding hydrogens is 258 g/mol. The normalized spacial score (nSPS) is 52.7. The molecule has 2 nitrogen and oxygen atoms in total. The van der Waals surface area contributed by atoms with Crippen LogP contribution in [-0.4, -0.2) is 11.8 Å². The third-order valence-corrected chi connectivity index (χ3v) is 7.86. The highest BCUT2D eigenvalue weighted by Crippen LogP contribution is 2.64. The number of fused-ring (bicyclic) bond motifs is 5. The molecule has 0 aromatic rings. The summed E-state index contributed by atoms with van der Waals surface area (Å²) in [5.41, 5.74) is 8.22. The van der Waals surface area contributed by atoms with E-state index in [0.29, 0.717) is 17.1 Å². The van der Waals surface area contributed by atoms with Crippen LogP contribution in [0.25, 0.3) is 0 Å². The minimum atomic E-state index is 0.0177. The van der Waals surface area contributed by atoms with Gasteiger partial charge >= 0.3 is 0 Å². The number of Topliss-reactive ketones (excluding diaryl/α,β-unsaturated/α-hetero) is 1. The van der Waals surface area contributed by atoms with E-state index in [-0.39, 0.29) is 11.5 Å². The molecule has 0 spiro atoms. The Bertz CT molecular complexity index is 510. The largest absolute Gasteiger partial charge is 0.324 e. The second-order valence-electron chi connectivity index (χ2n) is 8.65. The quantitative estimate of drug-likeness (QED) is 0.688. The van der Waals surface area contributed by atoms with Gasteiger partial charge in [-0.05, 0) is 68.1 Å². The van der Waals surface area contributed by atoms with Gasteiger partial charge in [0.05, 0.1) is 0 Å². The lowest BCUT2D eigenvalue weighted by Crippen LogP contribution is -2.51. The average molecular weight is 287 g/mol. The van der Waals surface area contributed by atoms with Crippen LogP contribution in [0.5, 0.6) is 0 Å². The summed E-state index contributed by atoms with van der Waals surface area (Å²) in [6, 6.07) is 0.284. The van der Waals surface area contributed by atoms with Crippen LogP contribution in [0.15, 0.2) is 11.6 Å². The van der Waals surface area contributed by atoms with Gasteiger partial charge in [0, 0.05) is 17.9 Å². The van der Waals surface area contributed by atoms with Crippen LogP contribution in [0.3, 0.4) is 0 Å². The molecule has 4 rings (SSSR count). The molecule has 1 unspecified atom stereocenters.